The van der Waals surface area contributed by atoms with Crippen LogP contribution in [-0.2, 0) is 22.9 Å². The van der Waals surface area contributed by atoms with Gasteiger partial charge in [-0.05, 0) is 43.0 Å². The Bertz CT molecular complexity index is 875. The van der Waals surface area contributed by atoms with E-state index >= 15 is 0 Å². The smallest absolute Gasteiger partial charge is 0.240 e. The molecule has 0 aromatic heterocycles. The number of nitrogens with one attached hydrogen (secondary N) is 2. The summed E-state index contributed by atoms with van der Waals surface area (Å²) in [7, 11) is -3.54. The Morgan fingerprint density at radius 1 is 1.04 bits per heavy atom. The van der Waals surface area contributed by atoms with Gasteiger partial charge in [0.25, 0.3) is 0 Å². The summed E-state index contributed by atoms with van der Waals surface area (Å²) in [5.41, 5.74) is 10.3. The minimum atomic E-state index is -3.54. The SMILES string of the molecule is CCc1cccc(CC)c1NC(N)=NCCNS(=O)(=O)c1ccc(C)cc1.I. The van der Waals surface area contributed by atoms with Crippen molar-refractivity contribution in [1.29, 1.82) is 0 Å². The van der Waals surface area contributed by atoms with Crippen molar-refractivity contribution in [3.63, 3.8) is 0 Å². The number of anilines is 1. The lowest BCUT2D eigenvalue weighted by Crippen LogP contribution is -2.29. The van der Waals surface area contributed by atoms with Crippen LogP contribution < -0.4 is 15.8 Å². The number of aryl methyl sites for hydroxylation is 3. The predicted octanol–water partition coefficient (Wildman–Crippen LogP) is 3.44. The zero-order chi connectivity index (χ0) is 19.9. The molecule has 154 valence electrons. The highest BCUT2D eigenvalue weighted by Gasteiger charge is 2.12. The normalized spacial score (nSPS) is 11.8. The monoisotopic (exact) mass is 516 g/mol. The molecule has 0 aliphatic carbocycles. The summed E-state index contributed by atoms with van der Waals surface area (Å²) in [6, 6.07) is 12.9. The molecule has 0 atom stereocenters. The molecule has 0 fully saturated rings. The Labute approximate surface area is 185 Å². The first-order chi connectivity index (χ1) is 12.9. The number of rotatable bonds is 8. The maximum absolute atomic E-state index is 12.2. The predicted molar refractivity (Wildman–Crippen MR) is 127 cm³/mol. The Balaban J connectivity index is 0.00000392. The number of para-hydroxylation sites is 1. The van der Waals surface area contributed by atoms with Crippen LogP contribution in [0, 0.1) is 6.92 Å². The van der Waals surface area contributed by atoms with Crippen LogP contribution in [0.1, 0.15) is 30.5 Å². The fourth-order valence-corrected chi connectivity index (χ4v) is 3.75. The van der Waals surface area contributed by atoms with Gasteiger partial charge in [0.1, 0.15) is 0 Å². The molecule has 2 rings (SSSR count). The van der Waals surface area contributed by atoms with E-state index in [-0.39, 0.29) is 47.9 Å². The second-order valence-electron chi connectivity index (χ2n) is 6.26. The maximum atomic E-state index is 12.2. The largest absolute Gasteiger partial charge is 0.370 e. The Morgan fingerprint density at radius 3 is 2.14 bits per heavy atom. The van der Waals surface area contributed by atoms with Crippen LogP contribution in [0.2, 0.25) is 0 Å². The van der Waals surface area contributed by atoms with Crippen molar-refractivity contribution in [3.05, 3.63) is 59.2 Å². The lowest BCUT2D eigenvalue weighted by Gasteiger charge is -2.14. The molecule has 0 radical (unpaired) electrons. The number of aliphatic imine (C=N–C) groups is 1. The van der Waals surface area contributed by atoms with Gasteiger partial charge in [-0.3, -0.25) is 4.99 Å². The second-order valence-corrected chi connectivity index (χ2v) is 8.03. The van der Waals surface area contributed by atoms with Crippen molar-refractivity contribution in [3.8, 4) is 0 Å². The van der Waals surface area contributed by atoms with Crippen LogP contribution in [0.3, 0.4) is 0 Å². The zero-order valence-corrected chi connectivity index (χ0v) is 19.7. The Morgan fingerprint density at radius 2 is 1.61 bits per heavy atom. The molecule has 28 heavy (non-hydrogen) atoms. The summed E-state index contributed by atoms with van der Waals surface area (Å²) in [5, 5.41) is 3.17. The first-order valence-electron chi connectivity index (χ1n) is 9.11. The van der Waals surface area contributed by atoms with Crippen molar-refractivity contribution in [2.24, 2.45) is 10.7 Å². The van der Waals surface area contributed by atoms with Gasteiger partial charge in [-0.25, -0.2) is 13.1 Å². The lowest BCUT2D eigenvalue weighted by molar-refractivity contribution is 0.582. The van der Waals surface area contributed by atoms with Gasteiger partial charge in [-0.2, -0.15) is 0 Å². The van der Waals surface area contributed by atoms with E-state index in [0.29, 0.717) is 0 Å². The second kappa shape index (κ2) is 11.4. The van der Waals surface area contributed by atoms with Gasteiger partial charge in [0.15, 0.2) is 5.96 Å². The highest BCUT2D eigenvalue weighted by atomic mass is 127. The molecule has 0 spiro atoms. The van der Waals surface area contributed by atoms with Crippen LogP contribution in [0.4, 0.5) is 5.69 Å². The summed E-state index contributed by atoms with van der Waals surface area (Å²) in [6.07, 6.45) is 1.78. The molecule has 0 aliphatic heterocycles. The number of hydrogen-bond donors (Lipinski definition) is 3. The summed E-state index contributed by atoms with van der Waals surface area (Å²) in [4.78, 5) is 4.48. The number of nitrogens with zero attached hydrogens (tertiary/aromatic N) is 1. The van der Waals surface area contributed by atoms with Gasteiger partial charge < -0.3 is 11.1 Å². The average Bonchev–Trinajstić information content (AvgIpc) is 2.65. The molecule has 0 heterocycles. The van der Waals surface area contributed by atoms with E-state index in [1.807, 2.05) is 13.0 Å². The van der Waals surface area contributed by atoms with Gasteiger partial charge in [-0.15, -0.1) is 24.0 Å². The van der Waals surface area contributed by atoms with Gasteiger partial charge in [0, 0.05) is 12.2 Å². The van der Waals surface area contributed by atoms with Crippen LogP contribution in [0.5, 0.6) is 0 Å². The summed E-state index contributed by atoms with van der Waals surface area (Å²) in [6.45, 7) is 6.52. The van der Waals surface area contributed by atoms with Crippen LogP contribution in [0.25, 0.3) is 0 Å². The third kappa shape index (κ3) is 6.75. The molecule has 6 nitrogen and oxygen atoms in total. The number of sulfonamides is 1. The van der Waals surface area contributed by atoms with Crippen molar-refractivity contribution >= 4 is 45.6 Å². The van der Waals surface area contributed by atoms with Crippen LogP contribution in [0.15, 0.2) is 52.4 Å². The molecule has 0 unspecified atom stereocenters. The molecule has 4 N–H and O–H groups in total. The summed E-state index contributed by atoms with van der Waals surface area (Å²) < 4.78 is 27.0. The van der Waals surface area contributed by atoms with E-state index in [1.165, 1.54) is 11.1 Å². The molecular formula is C20H29IN4O2S. The first-order valence-corrected chi connectivity index (χ1v) is 10.6. The van der Waals surface area contributed by atoms with E-state index in [2.05, 4.69) is 41.0 Å². The highest BCUT2D eigenvalue weighted by Crippen LogP contribution is 2.22. The van der Waals surface area contributed by atoms with E-state index in [9.17, 15) is 8.42 Å². The van der Waals surface area contributed by atoms with Crippen molar-refractivity contribution < 1.29 is 8.42 Å². The number of benzene rings is 2. The summed E-state index contributed by atoms with van der Waals surface area (Å²) >= 11 is 0. The van der Waals surface area contributed by atoms with Crippen molar-refractivity contribution in [2.45, 2.75) is 38.5 Å². The van der Waals surface area contributed by atoms with Gasteiger partial charge in [-0.1, -0.05) is 49.7 Å². The van der Waals surface area contributed by atoms with E-state index in [4.69, 9.17) is 5.73 Å². The Hall–Kier alpha value is -1.65. The molecule has 0 aliphatic rings. The van der Waals surface area contributed by atoms with E-state index in [1.54, 1.807) is 24.3 Å². The molecule has 2 aromatic rings. The van der Waals surface area contributed by atoms with Crippen molar-refractivity contribution in [2.75, 3.05) is 18.4 Å². The minimum Gasteiger partial charge on any atom is -0.370 e. The van der Waals surface area contributed by atoms with E-state index < -0.39 is 10.0 Å². The van der Waals surface area contributed by atoms with E-state index in [0.717, 1.165) is 24.1 Å². The minimum absolute atomic E-state index is 0. The number of guanidine groups is 1. The molecule has 0 saturated carbocycles. The van der Waals surface area contributed by atoms with Gasteiger partial charge in [0.05, 0.1) is 11.4 Å². The third-order valence-corrected chi connectivity index (χ3v) is 5.75. The topological polar surface area (TPSA) is 96.6 Å². The standard InChI is InChI=1S/C20H28N4O2S.HI/c1-4-16-7-6-8-17(5-2)19(16)24-20(21)22-13-14-23-27(25,26)18-11-9-15(3)10-12-18;/h6-12,23H,4-5,13-14H2,1-3H3,(H3,21,22,24);1H. The number of halogens is 1. The quantitative estimate of drug-likeness (QED) is 0.217. The summed E-state index contributed by atoms with van der Waals surface area (Å²) in [5.74, 6) is 0.278. The van der Waals surface area contributed by atoms with Crippen LogP contribution in [-0.4, -0.2) is 27.5 Å². The third-order valence-electron chi connectivity index (χ3n) is 4.27. The highest BCUT2D eigenvalue weighted by molar-refractivity contribution is 14.0. The average molecular weight is 516 g/mol. The van der Waals surface area contributed by atoms with Gasteiger partial charge >= 0.3 is 0 Å². The fraction of sp³-hybridized carbons (Fsp3) is 0.350. The maximum Gasteiger partial charge on any atom is 0.240 e. The molecular weight excluding hydrogens is 487 g/mol. The molecule has 8 heteroatoms. The molecule has 2 aromatic carbocycles. The van der Waals surface area contributed by atoms with Crippen molar-refractivity contribution in [1.82, 2.24) is 4.72 Å². The zero-order valence-electron chi connectivity index (χ0n) is 16.5. The first kappa shape index (κ1) is 24.4. The molecule has 0 bridgehead atoms. The molecule has 0 saturated heterocycles. The number of nitrogens with two attached hydrogens (primary N) is 1. The number of hydrogen-bond acceptors (Lipinski definition) is 3. The molecule has 0 amide bonds. The Kier molecular flexibility index (Phi) is 9.91. The fourth-order valence-electron chi connectivity index (χ4n) is 2.73. The van der Waals surface area contributed by atoms with Crippen LogP contribution >= 0.6 is 24.0 Å². The lowest BCUT2D eigenvalue weighted by atomic mass is 10.0. The van der Waals surface area contributed by atoms with Gasteiger partial charge in [0.2, 0.25) is 10.0 Å².